The van der Waals surface area contributed by atoms with E-state index in [1.54, 1.807) is 6.92 Å². The highest BCUT2D eigenvalue weighted by Gasteiger charge is 2.27. The van der Waals surface area contributed by atoms with Gasteiger partial charge >= 0.3 is 0 Å². The Kier molecular flexibility index (Phi) is 4.59. The highest BCUT2D eigenvalue weighted by Crippen LogP contribution is 2.25. The van der Waals surface area contributed by atoms with Crippen LogP contribution in [0, 0.1) is 0 Å². The first-order valence-corrected chi connectivity index (χ1v) is 8.54. The van der Waals surface area contributed by atoms with Crippen LogP contribution in [0.15, 0.2) is 48.5 Å². The summed E-state index contributed by atoms with van der Waals surface area (Å²) in [5.41, 5.74) is 9.02. The molecular weight excluding hydrogens is 312 g/mol. The number of hydrogen-bond acceptors (Lipinski definition) is 3. The van der Waals surface area contributed by atoms with Crippen molar-refractivity contribution in [3.63, 3.8) is 0 Å². The Morgan fingerprint density at radius 1 is 1.20 bits per heavy atom. The van der Waals surface area contributed by atoms with Gasteiger partial charge in [-0.05, 0) is 49.7 Å². The van der Waals surface area contributed by atoms with Crippen LogP contribution in [0.5, 0.6) is 0 Å². The lowest BCUT2D eigenvalue weighted by Gasteiger charge is -2.22. The summed E-state index contributed by atoms with van der Waals surface area (Å²) in [5.74, 6) is 0.735. The number of benzene rings is 2. The van der Waals surface area contributed by atoms with Crippen molar-refractivity contribution in [2.45, 2.75) is 32.2 Å². The fourth-order valence-electron chi connectivity index (χ4n) is 3.01. The van der Waals surface area contributed by atoms with Crippen LogP contribution in [0.4, 0.5) is 5.69 Å². The molecule has 0 saturated carbocycles. The normalized spacial score (nSPS) is 13.6. The molecule has 1 aromatic heterocycles. The monoisotopic (exact) mass is 336 g/mol. The third kappa shape index (κ3) is 3.42. The van der Waals surface area contributed by atoms with Gasteiger partial charge < -0.3 is 15.6 Å². The number of aromatic nitrogens is 2. The number of aryl methyl sites for hydroxylation is 1. The third-order valence-corrected chi connectivity index (χ3v) is 4.48. The Morgan fingerprint density at radius 3 is 2.52 bits per heavy atom. The maximum absolute atomic E-state index is 12.3. The Hall–Kier alpha value is -2.66. The molecule has 0 saturated heterocycles. The van der Waals surface area contributed by atoms with Gasteiger partial charge in [0.05, 0.1) is 16.6 Å². The highest BCUT2D eigenvalue weighted by atomic mass is 16.2. The third-order valence-electron chi connectivity index (χ3n) is 4.48. The molecule has 1 amide bonds. The molecular formula is C20H24N4O. The van der Waals surface area contributed by atoms with Gasteiger partial charge in [0.2, 0.25) is 5.91 Å². The van der Waals surface area contributed by atoms with Gasteiger partial charge in [-0.25, -0.2) is 4.98 Å². The van der Waals surface area contributed by atoms with Crippen molar-refractivity contribution in [1.29, 1.82) is 0 Å². The van der Waals surface area contributed by atoms with Crippen LogP contribution >= 0.6 is 0 Å². The molecule has 0 fully saturated rings. The summed E-state index contributed by atoms with van der Waals surface area (Å²) in [6.07, 6.45) is 1.52. The van der Waals surface area contributed by atoms with Crippen molar-refractivity contribution < 1.29 is 4.79 Å². The van der Waals surface area contributed by atoms with Crippen LogP contribution in [0.3, 0.4) is 0 Å². The molecule has 3 rings (SSSR count). The summed E-state index contributed by atoms with van der Waals surface area (Å²) in [6.45, 7) is 3.78. The van der Waals surface area contributed by atoms with E-state index in [4.69, 9.17) is 10.7 Å². The predicted octanol–water partition coefficient (Wildman–Crippen LogP) is 3.70. The number of nitrogens with zero attached hydrogens (tertiary/aromatic N) is 2. The first-order valence-electron chi connectivity index (χ1n) is 8.54. The number of imidazole rings is 1. The predicted molar refractivity (Wildman–Crippen MR) is 102 cm³/mol. The molecule has 3 aromatic rings. The molecule has 0 aliphatic heterocycles. The van der Waals surface area contributed by atoms with Gasteiger partial charge in [0.1, 0.15) is 5.82 Å². The maximum Gasteiger partial charge on any atom is 0.244 e. The first-order chi connectivity index (χ1) is 11.9. The van der Waals surface area contributed by atoms with Gasteiger partial charge in [0.25, 0.3) is 0 Å². The van der Waals surface area contributed by atoms with Gasteiger partial charge in [-0.1, -0.05) is 25.5 Å². The van der Waals surface area contributed by atoms with E-state index in [1.165, 1.54) is 0 Å². The van der Waals surface area contributed by atoms with Crippen LogP contribution in [0.25, 0.3) is 22.4 Å². The van der Waals surface area contributed by atoms with E-state index in [2.05, 4.69) is 16.0 Å². The molecule has 1 unspecified atom stereocenters. The van der Waals surface area contributed by atoms with Crippen molar-refractivity contribution in [3.8, 4) is 11.4 Å². The summed E-state index contributed by atoms with van der Waals surface area (Å²) < 4.78 is 2.07. The molecule has 1 atom stereocenters. The first kappa shape index (κ1) is 17.2. The number of rotatable bonds is 5. The number of fused-ring (bicyclic) bond motifs is 1. The lowest BCUT2D eigenvalue weighted by molar-refractivity contribution is -0.120. The standard InChI is InChI=1S/C20H24N4O/c1-4-13-20(2,21)19(25)22-15-11-9-14(10-12-15)18-23-16-7-5-6-8-17(16)24(18)3/h5-12H,4,13,21H2,1-3H3,(H,22,25). The van der Waals surface area contributed by atoms with Gasteiger partial charge in [-0.3, -0.25) is 4.79 Å². The second-order valence-electron chi connectivity index (χ2n) is 6.68. The number of nitrogens with one attached hydrogen (secondary N) is 1. The summed E-state index contributed by atoms with van der Waals surface area (Å²) >= 11 is 0. The minimum atomic E-state index is -0.856. The van der Waals surface area contributed by atoms with Crippen molar-refractivity contribution >= 4 is 22.6 Å². The minimum absolute atomic E-state index is 0.162. The number of amides is 1. The largest absolute Gasteiger partial charge is 0.327 e. The van der Waals surface area contributed by atoms with Crippen LogP contribution < -0.4 is 11.1 Å². The van der Waals surface area contributed by atoms with Gasteiger partial charge in [-0.15, -0.1) is 0 Å². The fraction of sp³-hybridized carbons (Fsp3) is 0.300. The Morgan fingerprint density at radius 2 is 1.88 bits per heavy atom. The molecule has 3 N–H and O–H groups in total. The average Bonchev–Trinajstić information content (AvgIpc) is 2.93. The zero-order valence-electron chi connectivity index (χ0n) is 14.9. The van der Waals surface area contributed by atoms with Crippen LogP contribution in [0.1, 0.15) is 26.7 Å². The minimum Gasteiger partial charge on any atom is -0.327 e. The topological polar surface area (TPSA) is 72.9 Å². The molecule has 5 nitrogen and oxygen atoms in total. The van der Waals surface area contributed by atoms with Crippen molar-refractivity contribution in [2.75, 3.05) is 5.32 Å². The lowest BCUT2D eigenvalue weighted by atomic mass is 9.96. The Labute approximate surface area is 147 Å². The van der Waals surface area contributed by atoms with E-state index in [-0.39, 0.29) is 5.91 Å². The number of para-hydroxylation sites is 2. The van der Waals surface area contributed by atoms with Crippen molar-refractivity contribution in [3.05, 3.63) is 48.5 Å². The van der Waals surface area contributed by atoms with Gasteiger partial charge in [0, 0.05) is 18.3 Å². The summed E-state index contributed by atoms with van der Waals surface area (Å²) in [4.78, 5) is 17.0. The van der Waals surface area contributed by atoms with E-state index in [9.17, 15) is 4.79 Å². The van der Waals surface area contributed by atoms with Crippen molar-refractivity contribution in [1.82, 2.24) is 9.55 Å². The van der Waals surface area contributed by atoms with E-state index >= 15 is 0 Å². The summed E-state index contributed by atoms with van der Waals surface area (Å²) in [6, 6.07) is 15.7. The quantitative estimate of drug-likeness (QED) is 0.746. The molecule has 1 heterocycles. The van der Waals surface area contributed by atoms with Crippen LogP contribution in [-0.4, -0.2) is 21.0 Å². The molecule has 0 aliphatic carbocycles. The average molecular weight is 336 g/mol. The zero-order chi connectivity index (χ0) is 18.0. The summed E-state index contributed by atoms with van der Waals surface area (Å²) in [7, 11) is 2.00. The second-order valence-corrected chi connectivity index (χ2v) is 6.68. The molecule has 25 heavy (non-hydrogen) atoms. The molecule has 0 bridgehead atoms. The molecule has 0 radical (unpaired) electrons. The number of carbonyl (C=O) groups excluding carboxylic acids is 1. The van der Waals surface area contributed by atoms with Crippen LogP contribution in [-0.2, 0) is 11.8 Å². The highest BCUT2D eigenvalue weighted by molar-refractivity contribution is 5.97. The molecule has 5 heteroatoms. The number of anilines is 1. The molecule has 130 valence electrons. The van der Waals surface area contributed by atoms with Crippen molar-refractivity contribution in [2.24, 2.45) is 12.8 Å². The number of hydrogen-bond donors (Lipinski definition) is 2. The molecule has 0 spiro atoms. The van der Waals surface area contributed by atoms with E-state index in [0.717, 1.165) is 34.5 Å². The van der Waals surface area contributed by atoms with E-state index in [0.29, 0.717) is 6.42 Å². The van der Waals surface area contributed by atoms with Crippen LogP contribution in [0.2, 0.25) is 0 Å². The Balaban J connectivity index is 1.82. The Bertz CT molecular complexity index is 894. The lowest BCUT2D eigenvalue weighted by Crippen LogP contribution is -2.48. The number of carbonyl (C=O) groups is 1. The zero-order valence-corrected chi connectivity index (χ0v) is 14.9. The second kappa shape index (κ2) is 6.69. The molecule has 2 aromatic carbocycles. The van der Waals surface area contributed by atoms with E-state index in [1.807, 2.05) is 56.4 Å². The summed E-state index contributed by atoms with van der Waals surface area (Å²) in [5, 5.41) is 2.90. The fourth-order valence-corrected chi connectivity index (χ4v) is 3.01. The number of nitrogens with two attached hydrogens (primary N) is 1. The van der Waals surface area contributed by atoms with E-state index < -0.39 is 5.54 Å². The SMILES string of the molecule is CCCC(C)(N)C(=O)Nc1ccc(-c2nc3ccccc3n2C)cc1. The van der Waals surface area contributed by atoms with Gasteiger partial charge in [0.15, 0.2) is 0 Å². The molecule has 0 aliphatic rings. The maximum atomic E-state index is 12.3. The smallest absolute Gasteiger partial charge is 0.244 e. The van der Waals surface area contributed by atoms with Gasteiger partial charge in [-0.2, -0.15) is 0 Å².